The second kappa shape index (κ2) is 11.4. The quantitative estimate of drug-likeness (QED) is 0.554. The van der Waals surface area contributed by atoms with Gasteiger partial charge in [0.15, 0.2) is 0 Å². The molecule has 2 rings (SSSR count). The van der Waals surface area contributed by atoms with Gasteiger partial charge in [-0.15, -0.1) is 0 Å². The number of anilines is 1. The molecule has 8 nitrogen and oxygen atoms in total. The molecule has 0 aliphatic heterocycles. The molecule has 0 saturated heterocycles. The topological polar surface area (TPSA) is 96.0 Å². The van der Waals surface area contributed by atoms with Crippen molar-refractivity contribution in [2.45, 2.75) is 53.2 Å². The first kappa shape index (κ1) is 27.2. The predicted molar refractivity (Wildman–Crippen MR) is 134 cm³/mol. The molecule has 0 heterocycles. The number of carbonyl (C=O) groups excluding carboxylic acids is 2. The highest BCUT2D eigenvalue weighted by molar-refractivity contribution is 7.92. The second-order valence-corrected chi connectivity index (χ2v) is 10.6. The minimum absolute atomic E-state index is 0.105. The molecule has 0 aliphatic carbocycles. The highest BCUT2D eigenvalue weighted by atomic mass is 32.2. The summed E-state index contributed by atoms with van der Waals surface area (Å²) in [6, 6.07) is 11.6. The van der Waals surface area contributed by atoms with Crippen molar-refractivity contribution in [2.75, 3.05) is 24.2 Å². The summed E-state index contributed by atoms with van der Waals surface area (Å²) in [5.74, 6) is -0.179. The van der Waals surface area contributed by atoms with Crippen molar-refractivity contribution >= 4 is 27.5 Å². The zero-order valence-electron chi connectivity index (χ0n) is 21.0. The lowest BCUT2D eigenvalue weighted by Gasteiger charge is -2.32. The number of rotatable bonds is 10. The molecule has 0 saturated carbocycles. The van der Waals surface area contributed by atoms with Crippen LogP contribution in [0.1, 0.15) is 37.5 Å². The number of sulfonamides is 1. The Morgan fingerprint density at radius 3 is 2.29 bits per heavy atom. The largest absolute Gasteiger partial charge is 0.497 e. The highest BCUT2D eigenvalue weighted by Gasteiger charge is 2.31. The van der Waals surface area contributed by atoms with Crippen molar-refractivity contribution < 1.29 is 22.7 Å². The first-order valence-corrected chi connectivity index (χ1v) is 13.0. The summed E-state index contributed by atoms with van der Waals surface area (Å²) in [6.07, 6.45) is 1.07. The fourth-order valence-corrected chi connectivity index (χ4v) is 4.46. The van der Waals surface area contributed by atoms with Gasteiger partial charge in [-0.1, -0.05) is 24.3 Å². The Balaban J connectivity index is 2.45. The molecule has 1 N–H and O–H groups in total. The van der Waals surface area contributed by atoms with Crippen molar-refractivity contribution in [1.82, 2.24) is 10.2 Å². The molecule has 186 valence electrons. The van der Waals surface area contributed by atoms with Crippen LogP contribution in [-0.4, -0.2) is 57.1 Å². The summed E-state index contributed by atoms with van der Waals surface area (Å²) in [5.41, 5.74) is 2.88. The van der Waals surface area contributed by atoms with Gasteiger partial charge in [0.05, 0.1) is 19.1 Å². The van der Waals surface area contributed by atoms with E-state index in [-0.39, 0.29) is 18.5 Å². The third-order valence-corrected chi connectivity index (χ3v) is 6.74. The van der Waals surface area contributed by atoms with Crippen LogP contribution in [0.2, 0.25) is 0 Å². The molecule has 2 aromatic carbocycles. The van der Waals surface area contributed by atoms with Crippen LogP contribution in [0.3, 0.4) is 0 Å². The number of benzene rings is 2. The van der Waals surface area contributed by atoms with Crippen molar-refractivity contribution in [2.24, 2.45) is 0 Å². The number of methoxy groups -OCH3 is 1. The Morgan fingerprint density at radius 1 is 1.06 bits per heavy atom. The summed E-state index contributed by atoms with van der Waals surface area (Å²) >= 11 is 0. The smallest absolute Gasteiger partial charge is 0.244 e. The van der Waals surface area contributed by atoms with Gasteiger partial charge >= 0.3 is 0 Å². The summed E-state index contributed by atoms with van der Waals surface area (Å²) in [5, 5.41) is 2.83. The van der Waals surface area contributed by atoms with Gasteiger partial charge in [-0.25, -0.2) is 8.42 Å². The minimum Gasteiger partial charge on any atom is -0.497 e. The second-order valence-electron chi connectivity index (χ2n) is 8.70. The lowest BCUT2D eigenvalue weighted by Crippen LogP contribution is -2.52. The number of hydrogen-bond acceptors (Lipinski definition) is 5. The van der Waals surface area contributed by atoms with E-state index in [1.54, 1.807) is 44.4 Å². The Bertz CT molecular complexity index is 1130. The van der Waals surface area contributed by atoms with Gasteiger partial charge < -0.3 is 15.0 Å². The minimum atomic E-state index is -3.77. The van der Waals surface area contributed by atoms with Crippen LogP contribution in [0.15, 0.2) is 42.5 Å². The van der Waals surface area contributed by atoms with Crippen LogP contribution in [0, 0.1) is 13.8 Å². The van der Waals surface area contributed by atoms with Gasteiger partial charge in [-0.3, -0.25) is 13.9 Å². The molecular formula is C25H35N3O5S. The van der Waals surface area contributed by atoms with E-state index in [4.69, 9.17) is 4.74 Å². The molecule has 0 radical (unpaired) electrons. The average Bonchev–Trinajstić information content (AvgIpc) is 2.76. The van der Waals surface area contributed by atoms with Crippen LogP contribution in [-0.2, 0) is 26.2 Å². The van der Waals surface area contributed by atoms with Crippen molar-refractivity contribution in [3.05, 3.63) is 59.2 Å². The Morgan fingerprint density at radius 2 is 1.71 bits per heavy atom. The molecular weight excluding hydrogens is 454 g/mol. The van der Waals surface area contributed by atoms with Crippen molar-refractivity contribution in [3.8, 4) is 5.75 Å². The van der Waals surface area contributed by atoms with Crippen molar-refractivity contribution in [3.63, 3.8) is 0 Å². The maximum atomic E-state index is 13.6. The van der Waals surface area contributed by atoms with E-state index in [0.29, 0.717) is 11.4 Å². The van der Waals surface area contributed by atoms with Crippen LogP contribution in [0.5, 0.6) is 5.75 Å². The fraction of sp³-hybridized carbons (Fsp3) is 0.440. The first-order valence-electron chi connectivity index (χ1n) is 11.1. The predicted octanol–water partition coefficient (Wildman–Crippen LogP) is 3.02. The monoisotopic (exact) mass is 489 g/mol. The molecule has 2 amide bonds. The molecule has 9 heteroatoms. The van der Waals surface area contributed by atoms with Gasteiger partial charge in [0.1, 0.15) is 18.3 Å². The van der Waals surface area contributed by atoms with E-state index in [1.165, 1.54) is 4.90 Å². The van der Waals surface area contributed by atoms with Crippen LogP contribution < -0.4 is 14.4 Å². The van der Waals surface area contributed by atoms with Gasteiger partial charge in [0, 0.05) is 12.6 Å². The van der Waals surface area contributed by atoms with Crippen molar-refractivity contribution in [1.29, 1.82) is 0 Å². The van der Waals surface area contributed by atoms with Gasteiger partial charge in [0.25, 0.3) is 0 Å². The maximum absolute atomic E-state index is 13.6. The molecule has 0 aromatic heterocycles. The molecule has 0 aliphatic rings. The summed E-state index contributed by atoms with van der Waals surface area (Å²) in [6.45, 7) is 8.71. The number of nitrogens with one attached hydrogen (secondary N) is 1. The summed E-state index contributed by atoms with van der Waals surface area (Å²) < 4.78 is 31.8. The molecule has 0 unspecified atom stereocenters. The summed E-state index contributed by atoms with van der Waals surface area (Å²) in [7, 11) is -2.22. The molecule has 34 heavy (non-hydrogen) atoms. The number of ether oxygens (including phenoxy) is 1. The zero-order chi connectivity index (χ0) is 25.6. The Hall–Kier alpha value is -3.07. The molecule has 0 bridgehead atoms. The molecule has 0 fully saturated rings. The van der Waals surface area contributed by atoms with Gasteiger partial charge in [-0.2, -0.15) is 0 Å². The highest BCUT2D eigenvalue weighted by Crippen LogP contribution is 2.25. The van der Waals surface area contributed by atoms with Gasteiger partial charge in [0.2, 0.25) is 21.8 Å². The zero-order valence-corrected chi connectivity index (χ0v) is 21.8. The van der Waals surface area contributed by atoms with Gasteiger partial charge in [-0.05, 0) is 69.5 Å². The van der Waals surface area contributed by atoms with E-state index >= 15 is 0 Å². The van der Waals surface area contributed by atoms with Crippen LogP contribution >= 0.6 is 0 Å². The lowest BCUT2D eigenvalue weighted by atomic mass is 10.1. The average molecular weight is 490 g/mol. The Labute approximate surface area is 202 Å². The van der Waals surface area contributed by atoms with E-state index < -0.39 is 28.5 Å². The number of hydrogen-bond donors (Lipinski definition) is 1. The lowest BCUT2D eigenvalue weighted by molar-refractivity contribution is -0.139. The molecule has 1 atom stereocenters. The number of amides is 2. The number of nitrogens with zero attached hydrogens (tertiary/aromatic N) is 2. The first-order chi connectivity index (χ1) is 15.8. The maximum Gasteiger partial charge on any atom is 0.244 e. The van der Waals surface area contributed by atoms with E-state index in [1.807, 2.05) is 39.8 Å². The standard InChI is InChI=1S/C25H35N3O5S/c1-17(2)26-25(30)20(5)27(15-21-11-9-12-22(14-21)33-6)24(29)16-28(34(7,31)32)23-13-8-10-18(3)19(23)4/h8-14,17,20H,15-16H2,1-7H3,(H,26,30)/t20-/m1/s1. The normalized spacial score (nSPS) is 12.2. The fourth-order valence-electron chi connectivity index (χ4n) is 3.56. The SMILES string of the molecule is COc1cccc(CN(C(=O)CN(c2cccc(C)c2C)S(C)(=O)=O)[C@H](C)C(=O)NC(C)C)c1. The Kier molecular flexibility index (Phi) is 9.09. The number of aryl methyl sites for hydroxylation is 1. The third kappa shape index (κ3) is 6.96. The van der Waals surface area contributed by atoms with E-state index in [0.717, 1.165) is 27.3 Å². The number of carbonyl (C=O) groups is 2. The summed E-state index contributed by atoms with van der Waals surface area (Å²) in [4.78, 5) is 27.8. The van der Waals surface area contributed by atoms with Crippen LogP contribution in [0.25, 0.3) is 0 Å². The molecule has 0 spiro atoms. The van der Waals surface area contributed by atoms with E-state index in [2.05, 4.69) is 5.32 Å². The molecule has 2 aromatic rings. The van der Waals surface area contributed by atoms with E-state index in [9.17, 15) is 18.0 Å². The third-order valence-electron chi connectivity index (χ3n) is 5.61. The van der Waals surface area contributed by atoms with Crippen LogP contribution in [0.4, 0.5) is 5.69 Å².